The second-order valence-corrected chi connectivity index (χ2v) is 3.37. The molecule has 1 unspecified atom stereocenters. The molecule has 0 aliphatic rings. The SMILES string of the molecule is CC(C#N)c1cc(F)ccc1Br. The number of rotatable bonds is 1. The molecule has 12 heavy (non-hydrogen) atoms. The van der Waals surface area contributed by atoms with Gasteiger partial charge in [0.05, 0.1) is 12.0 Å². The van der Waals surface area contributed by atoms with Crippen molar-refractivity contribution < 1.29 is 4.39 Å². The van der Waals surface area contributed by atoms with E-state index in [1.165, 1.54) is 12.1 Å². The zero-order valence-electron chi connectivity index (χ0n) is 6.51. The van der Waals surface area contributed by atoms with Crippen LogP contribution in [0.4, 0.5) is 4.39 Å². The molecule has 0 radical (unpaired) electrons. The predicted molar refractivity (Wildman–Crippen MR) is 48.1 cm³/mol. The van der Waals surface area contributed by atoms with E-state index < -0.39 is 0 Å². The van der Waals surface area contributed by atoms with Crippen molar-refractivity contribution in [3.63, 3.8) is 0 Å². The van der Waals surface area contributed by atoms with Crippen LogP contribution in [0.25, 0.3) is 0 Å². The molecule has 0 aliphatic carbocycles. The predicted octanol–water partition coefficient (Wildman–Crippen LogP) is 3.22. The molecule has 1 aromatic carbocycles. The lowest BCUT2D eigenvalue weighted by atomic mass is 10.0. The van der Waals surface area contributed by atoms with Crippen LogP contribution in [0.15, 0.2) is 22.7 Å². The molecule has 0 aromatic heterocycles. The summed E-state index contributed by atoms with van der Waals surface area (Å²) in [6.45, 7) is 1.74. The molecule has 1 nitrogen and oxygen atoms in total. The first-order valence-corrected chi connectivity index (χ1v) is 4.29. The van der Waals surface area contributed by atoms with Crippen molar-refractivity contribution in [2.75, 3.05) is 0 Å². The third kappa shape index (κ3) is 1.83. The van der Waals surface area contributed by atoms with E-state index in [2.05, 4.69) is 22.0 Å². The molecular formula is C9H7BrFN. The lowest BCUT2D eigenvalue weighted by molar-refractivity contribution is 0.624. The number of halogens is 2. The highest BCUT2D eigenvalue weighted by molar-refractivity contribution is 9.10. The fraction of sp³-hybridized carbons (Fsp3) is 0.222. The summed E-state index contributed by atoms with van der Waals surface area (Å²) in [6.07, 6.45) is 0. The fourth-order valence-electron chi connectivity index (χ4n) is 0.916. The molecule has 0 spiro atoms. The number of nitrogens with zero attached hydrogens (tertiary/aromatic N) is 1. The molecule has 0 fully saturated rings. The molecule has 0 bridgehead atoms. The summed E-state index contributed by atoms with van der Waals surface area (Å²) >= 11 is 3.25. The van der Waals surface area contributed by atoms with Crippen molar-refractivity contribution in [3.8, 4) is 6.07 Å². The van der Waals surface area contributed by atoms with Crippen molar-refractivity contribution in [1.82, 2.24) is 0 Å². The summed E-state index contributed by atoms with van der Waals surface area (Å²) < 4.78 is 13.5. The van der Waals surface area contributed by atoms with Gasteiger partial charge in [-0.1, -0.05) is 15.9 Å². The van der Waals surface area contributed by atoms with Crippen molar-refractivity contribution >= 4 is 15.9 Å². The van der Waals surface area contributed by atoms with Gasteiger partial charge in [-0.15, -0.1) is 0 Å². The number of hydrogen-bond donors (Lipinski definition) is 0. The monoisotopic (exact) mass is 227 g/mol. The minimum absolute atomic E-state index is 0.282. The Morgan fingerprint density at radius 1 is 1.58 bits per heavy atom. The van der Waals surface area contributed by atoms with Crippen molar-refractivity contribution in [2.24, 2.45) is 0 Å². The van der Waals surface area contributed by atoms with Crippen LogP contribution in [-0.4, -0.2) is 0 Å². The highest BCUT2D eigenvalue weighted by Gasteiger charge is 2.08. The number of nitriles is 1. The molecule has 62 valence electrons. The van der Waals surface area contributed by atoms with Gasteiger partial charge in [-0.3, -0.25) is 0 Å². The minimum Gasteiger partial charge on any atom is -0.207 e. The zero-order chi connectivity index (χ0) is 9.14. The second kappa shape index (κ2) is 3.68. The van der Waals surface area contributed by atoms with E-state index >= 15 is 0 Å². The van der Waals surface area contributed by atoms with E-state index in [0.29, 0.717) is 5.56 Å². The summed E-state index contributed by atoms with van der Waals surface area (Å²) in [4.78, 5) is 0. The summed E-state index contributed by atoms with van der Waals surface area (Å²) in [5.41, 5.74) is 0.692. The first-order chi connectivity index (χ1) is 5.65. The van der Waals surface area contributed by atoms with Crippen LogP contribution in [0, 0.1) is 17.1 Å². The van der Waals surface area contributed by atoms with Gasteiger partial charge in [0.2, 0.25) is 0 Å². The normalized spacial score (nSPS) is 12.2. The largest absolute Gasteiger partial charge is 0.207 e. The average molecular weight is 228 g/mol. The van der Waals surface area contributed by atoms with Crippen molar-refractivity contribution in [2.45, 2.75) is 12.8 Å². The first kappa shape index (κ1) is 9.21. The van der Waals surface area contributed by atoms with Crippen LogP contribution >= 0.6 is 15.9 Å². The standard InChI is InChI=1S/C9H7BrFN/c1-6(5-12)8-4-7(11)2-3-9(8)10/h2-4,6H,1H3. The lowest BCUT2D eigenvalue weighted by Gasteiger charge is -2.04. The molecule has 1 rings (SSSR count). The van der Waals surface area contributed by atoms with Gasteiger partial charge in [0, 0.05) is 4.47 Å². The quantitative estimate of drug-likeness (QED) is 0.723. The molecule has 0 heterocycles. The summed E-state index contributed by atoms with van der Waals surface area (Å²) in [5.74, 6) is -0.592. The summed E-state index contributed by atoms with van der Waals surface area (Å²) in [7, 11) is 0. The second-order valence-electron chi connectivity index (χ2n) is 2.52. The first-order valence-electron chi connectivity index (χ1n) is 3.49. The lowest BCUT2D eigenvalue weighted by Crippen LogP contribution is -1.91. The van der Waals surface area contributed by atoms with Gasteiger partial charge in [-0.05, 0) is 30.7 Å². The van der Waals surface area contributed by atoms with Crippen LogP contribution in [0.3, 0.4) is 0 Å². The Morgan fingerprint density at radius 3 is 2.83 bits per heavy atom. The van der Waals surface area contributed by atoms with Crippen molar-refractivity contribution in [3.05, 3.63) is 34.1 Å². The van der Waals surface area contributed by atoms with E-state index in [-0.39, 0.29) is 11.7 Å². The van der Waals surface area contributed by atoms with E-state index in [1.54, 1.807) is 13.0 Å². The Kier molecular flexibility index (Phi) is 2.83. The van der Waals surface area contributed by atoms with Gasteiger partial charge in [-0.2, -0.15) is 5.26 Å². The van der Waals surface area contributed by atoms with Crippen molar-refractivity contribution in [1.29, 1.82) is 5.26 Å². The van der Waals surface area contributed by atoms with Gasteiger partial charge in [0.15, 0.2) is 0 Å². The van der Waals surface area contributed by atoms with Gasteiger partial charge in [0.1, 0.15) is 5.82 Å². The third-order valence-corrected chi connectivity index (χ3v) is 2.34. The highest BCUT2D eigenvalue weighted by atomic mass is 79.9. The van der Waals surface area contributed by atoms with Gasteiger partial charge in [-0.25, -0.2) is 4.39 Å². The third-order valence-electron chi connectivity index (χ3n) is 1.62. The molecule has 0 N–H and O–H groups in total. The smallest absolute Gasteiger partial charge is 0.123 e. The summed E-state index contributed by atoms with van der Waals surface area (Å²) in [5, 5.41) is 8.61. The molecule has 1 atom stereocenters. The summed E-state index contributed by atoms with van der Waals surface area (Å²) in [6, 6.07) is 6.39. The maximum atomic E-state index is 12.7. The van der Waals surface area contributed by atoms with E-state index in [9.17, 15) is 4.39 Å². The molecule has 0 amide bonds. The Bertz CT molecular complexity index is 330. The molecule has 3 heteroatoms. The Morgan fingerprint density at radius 2 is 2.25 bits per heavy atom. The molecule has 0 saturated carbocycles. The molecular weight excluding hydrogens is 221 g/mol. The Balaban J connectivity index is 3.15. The van der Waals surface area contributed by atoms with Gasteiger partial charge >= 0.3 is 0 Å². The maximum absolute atomic E-state index is 12.7. The minimum atomic E-state index is -0.310. The van der Waals surface area contributed by atoms with E-state index in [1.807, 2.05) is 0 Å². The maximum Gasteiger partial charge on any atom is 0.123 e. The number of benzene rings is 1. The van der Waals surface area contributed by atoms with Gasteiger partial charge < -0.3 is 0 Å². The fourth-order valence-corrected chi connectivity index (χ4v) is 1.51. The molecule has 0 saturated heterocycles. The Labute approximate surface area is 79.0 Å². The van der Waals surface area contributed by atoms with Crippen LogP contribution < -0.4 is 0 Å². The highest BCUT2D eigenvalue weighted by Crippen LogP contribution is 2.24. The van der Waals surface area contributed by atoms with Crippen LogP contribution in [-0.2, 0) is 0 Å². The van der Waals surface area contributed by atoms with Gasteiger partial charge in [0.25, 0.3) is 0 Å². The molecule has 0 aliphatic heterocycles. The van der Waals surface area contributed by atoms with Crippen LogP contribution in [0.1, 0.15) is 18.4 Å². The van der Waals surface area contributed by atoms with Crippen LogP contribution in [0.5, 0.6) is 0 Å². The number of hydrogen-bond acceptors (Lipinski definition) is 1. The Hall–Kier alpha value is -0.880. The van der Waals surface area contributed by atoms with Crippen LogP contribution in [0.2, 0.25) is 0 Å². The average Bonchev–Trinajstić information content (AvgIpc) is 2.08. The van der Waals surface area contributed by atoms with E-state index in [0.717, 1.165) is 4.47 Å². The molecule has 1 aromatic rings. The zero-order valence-corrected chi connectivity index (χ0v) is 8.10. The van der Waals surface area contributed by atoms with E-state index in [4.69, 9.17) is 5.26 Å². The topological polar surface area (TPSA) is 23.8 Å².